The molecular weight excluding hydrogens is 236 g/mol. The van der Waals surface area contributed by atoms with Crippen molar-refractivity contribution < 1.29 is 0 Å². The van der Waals surface area contributed by atoms with Crippen molar-refractivity contribution in [2.75, 3.05) is 38.6 Å². The average Bonchev–Trinajstić information content (AvgIpc) is 2.61. The smallest absolute Gasteiger partial charge is 0.133 e. The van der Waals surface area contributed by atoms with Crippen molar-refractivity contribution >= 4 is 5.82 Å². The number of hydrogen-bond acceptors (Lipinski definition) is 4. The van der Waals surface area contributed by atoms with Gasteiger partial charge in [0.2, 0.25) is 0 Å². The lowest BCUT2D eigenvalue weighted by molar-refractivity contribution is 0.327. The Bertz CT molecular complexity index is 393. The highest BCUT2D eigenvalue weighted by atomic mass is 15.3. The molecule has 106 valence electrons. The van der Waals surface area contributed by atoms with Gasteiger partial charge in [-0.3, -0.25) is 0 Å². The molecule has 19 heavy (non-hydrogen) atoms. The average molecular weight is 262 g/mol. The summed E-state index contributed by atoms with van der Waals surface area (Å²) in [5.74, 6) is 1.17. The minimum Gasteiger partial charge on any atom is -0.352 e. The molecule has 4 heteroatoms. The summed E-state index contributed by atoms with van der Waals surface area (Å²) in [6.45, 7) is 6.58. The fourth-order valence-electron chi connectivity index (χ4n) is 2.89. The Labute approximate surface area is 116 Å². The van der Waals surface area contributed by atoms with E-state index >= 15 is 0 Å². The maximum absolute atomic E-state index is 4.65. The van der Waals surface area contributed by atoms with E-state index < -0.39 is 0 Å². The first-order chi connectivity index (χ1) is 9.26. The van der Waals surface area contributed by atoms with Crippen molar-refractivity contribution in [3.8, 4) is 0 Å². The van der Waals surface area contributed by atoms with E-state index in [0.717, 1.165) is 19.6 Å². The molecule has 4 nitrogen and oxygen atoms in total. The molecule has 2 rings (SSSR count). The molecule has 0 amide bonds. The molecule has 1 aliphatic heterocycles. The van der Waals surface area contributed by atoms with Crippen LogP contribution in [-0.2, 0) is 6.54 Å². The van der Waals surface area contributed by atoms with Crippen LogP contribution in [0.3, 0.4) is 0 Å². The summed E-state index contributed by atoms with van der Waals surface area (Å²) >= 11 is 0. The lowest BCUT2D eigenvalue weighted by Crippen LogP contribution is -2.41. The van der Waals surface area contributed by atoms with Crippen LogP contribution < -0.4 is 10.2 Å². The van der Waals surface area contributed by atoms with Gasteiger partial charge in [0.1, 0.15) is 5.82 Å². The Balaban J connectivity index is 2.27. The molecule has 1 saturated heterocycles. The van der Waals surface area contributed by atoms with Gasteiger partial charge in [0.05, 0.1) is 0 Å². The van der Waals surface area contributed by atoms with Gasteiger partial charge in [-0.2, -0.15) is 0 Å². The number of aromatic nitrogens is 1. The first kappa shape index (κ1) is 14.3. The van der Waals surface area contributed by atoms with Gasteiger partial charge in [-0.1, -0.05) is 13.0 Å². The molecule has 1 atom stereocenters. The van der Waals surface area contributed by atoms with Crippen molar-refractivity contribution in [1.29, 1.82) is 0 Å². The Kier molecular flexibility index (Phi) is 5.16. The molecule has 0 aliphatic carbocycles. The quantitative estimate of drug-likeness (QED) is 0.895. The number of rotatable bonds is 4. The molecule has 0 saturated carbocycles. The van der Waals surface area contributed by atoms with E-state index in [1.165, 1.54) is 30.8 Å². The number of hydrogen-bond donors (Lipinski definition) is 1. The first-order valence-corrected chi connectivity index (χ1v) is 7.30. The topological polar surface area (TPSA) is 31.4 Å². The molecule has 1 aromatic heterocycles. The third-order valence-corrected chi connectivity index (χ3v) is 3.88. The third-order valence-electron chi connectivity index (χ3n) is 3.88. The standard InChI is InChI=1S/C15H26N4/c1-4-14-12-18(3)9-6-10-19(14)15-13(11-16-2)7-5-8-17-15/h5,7-8,14,16H,4,6,9-12H2,1-3H3. The molecule has 2 heterocycles. The minimum absolute atomic E-state index is 0.568. The zero-order valence-electron chi connectivity index (χ0n) is 12.4. The molecule has 1 aliphatic rings. The Morgan fingerprint density at radius 3 is 3.00 bits per heavy atom. The zero-order chi connectivity index (χ0) is 13.7. The Hall–Kier alpha value is -1.13. The van der Waals surface area contributed by atoms with Crippen LogP contribution in [0.5, 0.6) is 0 Å². The van der Waals surface area contributed by atoms with E-state index in [9.17, 15) is 0 Å². The Morgan fingerprint density at radius 2 is 2.26 bits per heavy atom. The summed E-state index contributed by atoms with van der Waals surface area (Å²) < 4.78 is 0. The van der Waals surface area contributed by atoms with Gasteiger partial charge < -0.3 is 15.1 Å². The molecule has 1 N–H and O–H groups in total. The summed E-state index contributed by atoms with van der Waals surface area (Å²) in [6.07, 6.45) is 4.29. The van der Waals surface area contributed by atoms with Crippen LogP contribution in [0.25, 0.3) is 0 Å². The molecule has 0 spiro atoms. The van der Waals surface area contributed by atoms with Crippen LogP contribution >= 0.6 is 0 Å². The fraction of sp³-hybridized carbons (Fsp3) is 0.667. The second-order valence-electron chi connectivity index (χ2n) is 5.39. The van der Waals surface area contributed by atoms with Gasteiger partial charge in [-0.05, 0) is 39.5 Å². The van der Waals surface area contributed by atoms with E-state index in [0.29, 0.717) is 6.04 Å². The van der Waals surface area contributed by atoms with Crippen molar-refractivity contribution in [2.24, 2.45) is 0 Å². The summed E-state index contributed by atoms with van der Waals surface area (Å²) in [7, 11) is 4.21. The van der Waals surface area contributed by atoms with E-state index in [1.807, 2.05) is 19.3 Å². The normalized spacial score (nSPS) is 21.4. The van der Waals surface area contributed by atoms with Crippen molar-refractivity contribution in [3.63, 3.8) is 0 Å². The molecule has 1 aromatic rings. The highest BCUT2D eigenvalue weighted by Crippen LogP contribution is 2.23. The van der Waals surface area contributed by atoms with E-state index in [2.05, 4.69) is 40.1 Å². The summed E-state index contributed by atoms with van der Waals surface area (Å²) in [5.41, 5.74) is 1.30. The van der Waals surface area contributed by atoms with E-state index in [4.69, 9.17) is 0 Å². The van der Waals surface area contributed by atoms with Gasteiger partial charge in [0, 0.05) is 37.4 Å². The minimum atomic E-state index is 0.568. The van der Waals surface area contributed by atoms with Gasteiger partial charge in [0.25, 0.3) is 0 Å². The molecule has 0 bridgehead atoms. The molecule has 1 fully saturated rings. The van der Waals surface area contributed by atoms with Crippen molar-refractivity contribution in [3.05, 3.63) is 23.9 Å². The van der Waals surface area contributed by atoms with Crippen LogP contribution in [-0.4, -0.2) is 49.7 Å². The summed E-state index contributed by atoms with van der Waals surface area (Å²) in [6, 6.07) is 4.78. The number of nitrogens with zero attached hydrogens (tertiary/aromatic N) is 3. The highest BCUT2D eigenvalue weighted by molar-refractivity contribution is 5.48. The second kappa shape index (κ2) is 6.87. The lowest BCUT2D eigenvalue weighted by Gasteiger charge is -2.32. The largest absolute Gasteiger partial charge is 0.352 e. The number of likely N-dealkylation sites (N-methyl/N-ethyl adjacent to an activating group) is 1. The SMILES string of the molecule is CCC1CN(C)CCCN1c1ncccc1CNC. The van der Waals surface area contributed by atoms with Gasteiger partial charge in [-0.25, -0.2) is 4.98 Å². The summed E-state index contributed by atoms with van der Waals surface area (Å²) in [5, 5.41) is 3.24. The first-order valence-electron chi connectivity index (χ1n) is 7.30. The molecular formula is C15H26N4. The van der Waals surface area contributed by atoms with Crippen molar-refractivity contribution in [1.82, 2.24) is 15.2 Å². The fourth-order valence-corrected chi connectivity index (χ4v) is 2.89. The van der Waals surface area contributed by atoms with Gasteiger partial charge in [-0.15, -0.1) is 0 Å². The Morgan fingerprint density at radius 1 is 1.42 bits per heavy atom. The summed E-state index contributed by atoms with van der Waals surface area (Å²) in [4.78, 5) is 9.60. The van der Waals surface area contributed by atoms with Crippen LogP contribution in [0.1, 0.15) is 25.3 Å². The van der Waals surface area contributed by atoms with Crippen LogP contribution in [0.4, 0.5) is 5.82 Å². The van der Waals surface area contributed by atoms with E-state index in [-0.39, 0.29) is 0 Å². The van der Waals surface area contributed by atoms with E-state index in [1.54, 1.807) is 0 Å². The van der Waals surface area contributed by atoms with Crippen LogP contribution in [0.15, 0.2) is 18.3 Å². The molecule has 0 aromatic carbocycles. The lowest BCUT2D eigenvalue weighted by atomic mass is 10.1. The van der Waals surface area contributed by atoms with Crippen molar-refractivity contribution in [2.45, 2.75) is 32.4 Å². The van der Waals surface area contributed by atoms with Crippen LogP contribution in [0, 0.1) is 0 Å². The zero-order valence-corrected chi connectivity index (χ0v) is 12.4. The maximum Gasteiger partial charge on any atom is 0.133 e. The van der Waals surface area contributed by atoms with Gasteiger partial charge in [0.15, 0.2) is 0 Å². The third kappa shape index (κ3) is 3.45. The second-order valence-corrected chi connectivity index (χ2v) is 5.39. The van der Waals surface area contributed by atoms with Crippen LogP contribution in [0.2, 0.25) is 0 Å². The highest BCUT2D eigenvalue weighted by Gasteiger charge is 2.24. The number of pyridine rings is 1. The predicted molar refractivity (Wildman–Crippen MR) is 80.5 cm³/mol. The predicted octanol–water partition coefficient (Wildman–Crippen LogP) is 1.72. The van der Waals surface area contributed by atoms with Gasteiger partial charge >= 0.3 is 0 Å². The number of anilines is 1. The monoisotopic (exact) mass is 262 g/mol. The molecule has 1 unspecified atom stereocenters. The molecule has 0 radical (unpaired) electrons. The maximum atomic E-state index is 4.65. The number of nitrogens with one attached hydrogen (secondary N) is 1.